The van der Waals surface area contributed by atoms with E-state index >= 15 is 0 Å². The van der Waals surface area contributed by atoms with Gasteiger partial charge in [0.25, 0.3) is 0 Å². The fraction of sp³-hybridized carbons (Fsp3) is 0.727. The van der Waals surface area contributed by atoms with Crippen LogP contribution in [0.25, 0.3) is 0 Å². The van der Waals surface area contributed by atoms with E-state index in [4.69, 9.17) is 0 Å². The molecule has 2 nitrogen and oxygen atoms in total. The van der Waals surface area contributed by atoms with Gasteiger partial charge in [-0.05, 0) is 32.3 Å². The second kappa shape index (κ2) is 3.95. The van der Waals surface area contributed by atoms with Crippen LogP contribution < -0.4 is 5.32 Å². The third-order valence-electron chi connectivity index (χ3n) is 1.23. The van der Waals surface area contributed by atoms with Crippen molar-refractivity contribution in [1.82, 2.24) is 5.32 Å². The van der Waals surface area contributed by atoms with E-state index in [1.54, 1.807) is 6.08 Å². The zero-order valence-electron chi connectivity index (χ0n) is 9.56. The molecule has 0 radical (unpaired) electrons. The Balaban J connectivity index is 4.11. The number of carbonyl (C=O) groups is 1. The lowest BCUT2D eigenvalue weighted by atomic mass is 9.96. The Morgan fingerprint density at radius 2 is 1.54 bits per heavy atom. The summed E-state index contributed by atoms with van der Waals surface area (Å²) in [5.41, 5.74) is -0.0888. The molecule has 1 amide bonds. The summed E-state index contributed by atoms with van der Waals surface area (Å²) in [6, 6.07) is 0. The van der Waals surface area contributed by atoms with E-state index in [1.807, 2.05) is 26.8 Å². The molecule has 76 valence electrons. The molecular weight excluding hydrogens is 162 g/mol. The first-order valence-corrected chi connectivity index (χ1v) is 4.61. The number of hydrogen-bond donors (Lipinski definition) is 1. The van der Waals surface area contributed by atoms with Gasteiger partial charge in [-0.3, -0.25) is 4.79 Å². The van der Waals surface area contributed by atoms with Crippen LogP contribution in [0.4, 0.5) is 0 Å². The van der Waals surface area contributed by atoms with E-state index in [0.717, 1.165) is 0 Å². The fourth-order valence-electron chi connectivity index (χ4n) is 0.737. The van der Waals surface area contributed by atoms with Crippen molar-refractivity contribution in [2.24, 2.45) is 5.41 Å². The molecule has 0 saturated heterocycles. The van der Waals surface area contributed by atoms with Crippen molar-refractivity contribution in [3.63, 3.8) is 0 Å². The molecule has 13 heavy (non-hydrogen) atoms. The topological polar surface area (TPSA) is 29.1 Å². The normalized spacial score (nSPS) is 13.4. The van der Waals surface area contributed by atoms with Crippen molar-refractivity contribution in [2.75, 3.05) is 0 Å². The summed E-state index contributed by atoms with van der Waals surface area (Å²) in [4.78, 5) is 11.3. The van der Waals surface area contributed by atoms with Crippen molar-refractivity contribution in [3.05, 3.63) is 12.2 Å². The highest BCUT2D eigenvalue weighted by molar-refractivity contribution is 5.88. The van der Waals surface area contributed by atoms with Gasteiger partial charge in [0, 0.05) is 5.54 Å². The highest BCUT2D eigenvalue weighted by atomic mass is 16.1. The molecule has 2 heteroatoms. The van der Waals surface area contributed by atoms with Gasteiger partial charge in [0.05, 0.1) is 0 Å². The van der Waals surface area contributed by atoms with Gasteiger partial charge in [0.2, 0.25) is 5.91 Å². The Bertz CT molecular complexity index is 203. The zero-order valence-corrected chi connectivity index (χ0v) is 9.56. The molecular formula is C11H21NO. The molecule has 0 aliphatic carbocycles. The van der Waals surface area contributed by atoms with Crippen molar-refractivity contribution in [3.8, 4) is 0 Å². The minimum absolute atomic E-state index is 0.0255. The van der Waals surface area contributed by atoms with Gasteiger partial charge in [-0.2, -0.15) is 0 Å². The number of rotatable bonds is 1. The van der Waals surface area contributed by atoms with Gasteiger partial charge in [-0.25, -0.2) is 0 Å². The predicted molar refractivity (Wildman–Crippen MR) is 56.5 cm³/mol. The Morgan fingerprint density at radius 1 is 1.08 bits per heavy atom. The summed E-state index contributed by atoms with van der Waals surface area (Å²) in [7, 11) is 0. The van der Waals surface area contributed by atoms with Crippen LogP contribution in [0.1, 0.15) is 41.5 Å². The molecule has 0 aliphatic heterocycles. The molecule has 0 rings (SSSR count). The lowest BCUT2D eigenvalue weighted by molar-refractivity contribution is -0.117. The molecule has 0 spiro atoms. The maximum absolute atomic E-state index is 11.3. The number of nitrogens with one attached hydrogen (secondary N) is 1. The average molecular weight is 183 g/mol. The SMILES string of the molecule is CC(C)(C)/C=C/C(=O)NC(C)(C)C. The largest absolute Gasteiger partial charge is 0.348 e. The first-order valence-electron chi connectivity index (χ1n) is 4.61. The monoisotopic (exact) mass is 183 g/mol. The zero-order chi connectivity index (χ0) is 10.7. The lowest BCUT2D eigenvalue weighted by Crippen LogP contribution is -2.39. The number of amides is 1. The van der Waals surface area contributed by atoms with E-state index in [2.05, 4.69) is 26.1 Å². The van der Waals surface area contributed by atoms with E-state index in [-0.39, 0.29) is 16.9 Å². The number of carbonyl (C=O) groups excluding carboxylic acids is 1. The lowest BCUT2D eigenvalue weighted by Gasteiger charge is -2.19. The molecule has 1 N–H and O–H groups in total. The maximum Gasteiger partial charge on any atom is 0.244 e. The minimum Gasteiger partial charge on any atom is -0.348 e. The molecule has 0 aromatic carbocycles. The number of allylic oxidation sites excluding steroid dienone is 1. The van der Waals surface area contributed by atoms with Crippen LogP contribution in [-0.4, -0.2) is 11.4 Å². The second-order valence-corrected chi connectivity index (χ2v) is 5.44. The summed E-state index contributed by atoms with van der Waals surface area (Å²) < 4.78 is 0. The molecule has 0 atom stereocenters. The van der Waals surface area contributed by atoms with Crippen molar-refractivity contribution in [2.45, 2.75) is 47.1 Å². The molecule has 0 heterocycles. The first kappa shape index (κ1) is 12.2. The van der Waals surface area contributed by atoms with Gasteiger partial charge in [0.15, 0.2) is 0 Å². The van der Waals surface area contributed by atoms with E-state index in [1.165, 1.54) is 0 Å². The first-order chi connectivity index (χ1) is 5.60. The van der Waals surface area contributed by atoms with E-state index in [9.17, 15) is 4.79 Å². The van der Waals surface area contributed by atoms with Gasteiger partial charge >= 0.3 is 0 Å². The fourth-order valence-corrected chi connectivity index (χ4v) is 0.737. The summed E-state index contributed by atoms with van der Waals surface area (Å²) >= 11 is 0. The standard InChI is InChI=1S/C11H21NO/c1-10(2,3)8-7-9(13)12-11(4,5)6/h7-8H,1-6H3,(H,12,13)/b8-7+. The molecule has 0 fully saturated rings. The van der Waals surface area contributed by atoms with Crippen LogP contribution in [-0.2, 0) is 4.79 Å². The highest BCUT2D eigenvalue weighted by Gasteiger charge is 2.12. The Hall–Kier alpha value is -0.790. The van der Waals surface area contributed by atoms with Crippen molar-refractivity contribution in [1.29, 1.82) is 0 Å². The van der Waals surface area contributed by atoms with Gasteiger partial charge in [0.1, 0.15) is 0 Å². The number of hydrogen-bond acceptors (Lipinski definition) is 1. The highest BCUT2D eigenvalue weighted by Crippen LogP contribution is 2.14. The third kappa shape index (κ3) is 9.12. The Labute approximate surface area is 81.4 Å². The van der Waals surface area contributed by atoms with Crippen LogP contribution in [0.3, 0.4) is 0 Å². The minimum atomic E-state index is -0.153. The van der Waals surface area contributed by atoms with Gasteiger partial charge in [-0.15, -0.1) is 0 Å². The Morgan fingerprint density at radius 3 is 1.85 bits per heavy atom. The van der Waals surface area contributed by atoms with Crippen molar-refractivity contribution < 1.29 is 4.79 Å². The molecule has 0 saturated carbocycles. The summed E-state index contributed by atoms with van der Waals surface area (Å²) in [6.07, 6.45) is 3.51. The van der Waals surface area contributed by atoms with Gasteiger partial charge in [-0.1, -0.05) is 26.8 Å². The molecule has 0 bridgehead atoms. The Kier molecular flexibility index (Phi) is 3.71. The maximum atomic E-state index is 11.3. The molecule has 0 unspecified atom stereocenters. The summed E-state index contributed by atoms with van der Waals surface area (Å²) in [6.45, 7) is 12.1. The van der Waals surface area contributed by atoms with Crippen LogP contribution >= 0.6 is 0 Å². The van der Waals surface area contributed by atoms with Gasteiger partial charge < -0.3 is 5.32 Å². The quantitative estimate of drug-likeness (QED) is 0.622. The average Bonchev–Trinajstić information content (AvgIpc) is 1.78. The molecule has 0 aliphatic rings. The summed E-state index contributed by atoms with van der Waals surface area (Å²) in [5, 5.41) is 2.87. The second-order valence-electron chi connectivity index (χ2n) is 5.44. The van der Waals surface area contributed by atoms with E-state index in [0.29, 0.717) is 0 Å². The predicted octanol–water partition coefficient (Wildman–Crippen LogP) is 2.50. The molecule has 0 aromatic rings. The van der Waals surface area contributed by atoms with E-state index < -0.39 is 0 Å². The van der Waals surface area contributed by atoms with Crippen LogP contribution in [0.2, 0.25) is 0 Å². The van der Waals surface area contributed by atoms with Crippen LogP contribution in [0, 0.1) is 5.41 Å². The molecule has 0 aromatic heterocycles. The van der Waals surface area contributed by atoms with Crippen molar-refractivity contribution >= 4 is 5.91 Å². The van der Waals surface area contributed by atoms with Crippen LogP contribution in [0.5, 0.6) is 0 Å². The van der Waals surface area contributed by atoms with Crippen LogP contribution in [0.15, 0.2) is 12.2 Å². The third-order valence-corrected chi connectivity index (χ3v) is 1.23. The smallest absolute Gasteiger partial charge is 0.244 e. The summed E-state index contributed by atoms with van der Waals surface area (Å²) in [5.74, 6) is -0.0255.